The van der Waals surface area contributed by atoms with Crippen LogP contribution in [0.25, 0.3) is 6.08 Å². The molecule has 0 saturated carbocycles. The highest BCUT2D eigenvalue weighted by Gasteiger charge is 2.19. The van der Waals surface area contributed by atoms with E-state index in [-0.39, 0.29) is 23.4 Å². The first-order chi connectivity index (χ1) is 16.9. The molecule has 1 atom stereocenters. The van der Waals surface area contributed by atoms with Gasteiger partial charge in [-0.15, -0.1) is 0 Å². The van der Waals surface area contributed by atoms with Crippen molar-refractivity contribution in [1.82, 2.24) is 0 Å². The zero-order chi connectivity index (χ0) is 27.3. The number of hydrogen-bond acceptors (Lipinski definition) is 7. The van der Waals surface area contributed by atoms with Crippen molar-refractivity contribution >= 4 is 18.2 Å². The maximum Gasteiger partial charge on any atom is 0.514 e. The second kappa shape index (κ2) is 14.0. The first-order valence-electron chi connectivity index (χ1n) is 10.9. The predicted octanol–water partition coefficient (Wildman–Crippen LogP) is 7.04. The summed E-state index contributed by atoms with van der Waals surface area (Å²) in [6.07, 6.45) is 10.1. The number of carbonyl (C=O) groups is 2. The molecule has 190 valence electrons. The van der Waals surface area contributed by atoms with Crippen molar-refractivity contribution in [2.24, 2.45) is 5.92 Å². The second-order valence-corrected chi connectivity index (χ2v) is 8.34. The minimum Gasteiger partial charge on any atom is -0.508 e. The van der Waals surface area contributed by atoms with Crippen LogP contribution in [0.3, 0.4) is 0 Å². The van der Waals surface area contributed by atoms with E-state index in [1.165, 1.54) is 13.0 Å². The summed E-state index contributed by atoms with van der Waals surface area (Å²) in [4.78, 5) is 21.5. The summed E-state index contributed by atoms with van der Waals surface area (Å²) >= 11 is 0. The Hall–Kier alpha value is -4.48. The molecule has 0 aromatic heterocycles. The van der Waals surface area contributed by atoms with Crippen LogP contribution in [0.5, 0.6) is 5.75 Å². The van der Waals surface area contributed by atoms with Crippen LogP contribution < -0.4 is 4.74 Å². The fraction of sp³-hybridized carbons (Fsp3) is 0.207. The third kappa shape index (κ3) is 11.1. The zero-order valence-electron chi connectivity index (χ0n) is 21.0. The van der Waals surface area contributed by atoms with E-state index in [2.05, 4.69) is 30.2 Å². The van der Waals surface area contributed by atoms with E-state index in [4.69, 9.17) is 9.47 Å². The summed E-state index contributed by atoms with van der Waals surface area (Å²) < 4.78 is 14.5. The number of carbonyl (C=O) groups excluding carboxylic acids is 2. The first-order valence-corrected chi connectivity index (χ1v) is 10.9. The molecule has 36 heavy (non-hydrogen) atoms. The summed E-state index contributed by atoms with van der Waals surface area (Å²) in [5.74, 6) is -0.221. The number of esters is 1. The molecule has 0 spiro atoms. The molecule has 0 amide bonds. The number of benzene rings is 1. The molecule has 1 aliphatic carbocycles. The van der Waals surface area contributed by atoms with Crippen LogP contribution in [0.15, 0.2) is 109 Å². The van der Waals surface area contributed by atoms with Crippen molar-refractivity contribution in [1.29, 1.82) is 0 Å². The lowest BCUT2D eigenvalue weighted by molar-refractivity contribution is -0.135. The Morgan fingerprint density at radius 1 is 1.08 bits per heavy atom. The van der Waals surface area contributed by atoms with Crippen molar-refractivity contribution in [2.45, 2.75) is 33.3 Å². The molecule has 0 aliphatic heterocycles. The number of aliphatic hydroxyl groups is 2. The summed E-state index contributed by atoms with van der Waals surface area (Å²) in [5, 5.41) is 19.7. The fourth-order valence-corrected chi connectivity index (χ4v) is 2.79. The van der Waals surface area contributed by atoms with Crippen LogP contribution >= 0.6 is 0 Å². The van der Waals surface area contributed by atoms with Gasteiger partial charge in [0.1, 0.15) is 17.1 Å². The Labute approximate surface area is 212 Å². The third-order valence-corrected chi connectivity index (χ3v) is 4.21. The van der Waals surface area contributed by atoms with E-state index >= 15 is 0 Å². The van der Waals surface area contributed by atoms with Gasteiger partial charge >= 0.3 is 12.1 Å². The standard InChI is InChI=1S/C25H26O5.C4H6O2/c1-6-18(15-20(26)7-2)23-13-10-21(27)16-19(23)14-17-8-11-22(12-9-17)29-24(28)30-25(3,4)5;1-3-6-4(2)5/h6-14,16,23,26-27H,1-2H2,3-5H3;3H,1H2,2H3. The monoisotopic (exact) mass is 492 g/mol. The lowest BCUT2D eigenvalue weighted by Crippen LogP contribution is -2.25. The molecule has 1 aromatic rings. The minimum atomic E-state index is -0.770. The Kier molecular flexibility index (Phi) is 11.5. The van der Waals surface area contributed by atoms with Crippen molar-refractivity contribution in [3.63, 3.8) is 0 Å². The van der Waals surface area contributed by atoms with Gasteiger partial charge in [0.2, 0.25) is 0 Å². The largest absolute Gasteiger partial charge is 0.514 e. The topological polar surface area (TPSA) is 102 Å². The molecule has 1 aromatic carbocycles. The molecule has 0 bridgehead atoms. The number of ether oxygens (including phenoxy) is 3. The quantitative estimate of drug-likeness (QED) is 0.144. The maximum atomic E-state index is 11.8. The highest BCUT2D eigenvalue weighted by atomic mass is 16.7. The zero-order valence-corrected chi connectivity index (χ0v) is 21.0. The molecule has 0 fully saturated rings. The van der Waals surface area contributed by atoms with Gasteiger partial charge < -0.3 is 24.4 Å². The third-order valence-electron chi connectivity index (χ3n) is 4.21. The van der Waals surface area contributed by atoms with Gasteiger partial charge in [-0.3, -0.25) is 4.79 Å². The number of aliphatic hydroxyl groups excluding tert-OH is 2. The number of hydrogen-bond donors (Lipinski definition) is 2. The second-order valence-electron chi connectivity index (χ2n) is 8.34. The van der Waals surface area contributed by atoms with E-state index < -0.39 is 11.8 Å². The van der Waals surface area contributed by atoms with Gasteiger partial charge in [-0.1, -0.05) is 55.8 Å². The first kappa shape index (κ1) is 29.6. The van der Waals surface area contributed by atoms with E-state index in [9.17, 15) is 19.8 Å². The SMILES string of the molecule is C=CC(O)=C=C(C=C)C1C=CC(O)=CC1=Cc1ccc(OC(=O)OC(C)(C)C)cc1.C=COC(C)=O. The van der Waals surface area contributed by atoms with Crippen LogP contribution in [-0.2, 0) is 14.3 Å². The summed E-state index contributed by atoms with van der Waals surface area (Å²) in [6.45, 7) is 17.1. The van der Waals surface area contributed by atoms with E-state index in [1.807, 2.05) is 6.08 Å². The Morgan fingerprint density at radius 2 is 1.72 bits per heavy atom. The highest BCUT2D eigenvalue weighted by molar-refractivity contribution is 5.66. The van der Waals surface area contributed by atoms with E-state index in [1.54, 1.807) is 69.3 Å². The maximum absolute atomic E-state index is 11.8. The molecule has 1 unspecified atom stereocenters. The van der Waals surface area contributed by atoms with Crippen LogP contribution in [-0.4, -0.2) is 27.9 Å². The molecule has 0 heterocycles. The van der Waals surface area contributed by atoms with Gasteiger partial charge in [0.05, 0.1) is 6.26 Å². The Morgan fingerprint density at radius 3 is 2.19 bits per heavy atom. The summed E-state index contributed by atoms with van der Waals surface area (Å²) in [7, 11) is 0. The minimum absolute atomic E-state index is 0.0972. The van der Waals surface area contributed by atoms with Crippen molar-refractivity contribution in [2.75, 3.05) is 0 Å². The Balaban J connectivity index is 0.000000960. The lowest BCUT2D eigenvalue weighted by Gasteiger charge is -2.19. The van der Waals surface area contributed by atoms with Crippen molar-refractivity contribution < 1.29 is 34.0 Å². The van der Waals surface area contributed by atoms with Gasteiger partial charge in [-0.2, -0.15) is 0 Å². The fourth-order valence-electron chi connectivity index (χ4n) is 2.79. The summed E-state index contributed by atoms with van der Waals surface area (Å²) in [5.41, 5.74) is 4.44. The average molecular weight is 493 g/mol. The van der Waals surface area contributed by atoms with Crippen molar-refractivity contribution in [3.8, 4) is 5.75 Å². The highest BCUT2D eigenvalue weighted by Crippen LogP contribution is 2.30. The van der Waals surface area contributed by atoms with Gasteiger partial charge in [0.15, 0.2) is 5.76 Å². The van der Waals surface area contributed by atoms with Crippen molar-refractivity contribution in [3.05, 3.63) is 115 Å². The average Bonchev–Trinajstić information content (AvgIpc) is 2.78. The molecule has 7 nitrogen and oxygen atoms in total. The molecule has 2 N–H and O–H groups in total. The van der Waals surface area contributed by atoms with Crippen LogP contribution in [0, 0.1) is 5.92 Å². The summed E-state index contributed by atoms with van der Waals surface area (Å²) in [6, 6.07) is 6.87. The van der Waals surface area contributed by atoms with E-state index in [0.717, 1.165) is 17.4 Å². The molecule has 0 saturated heterocycles. The van der Waals surface area contributed by atoms with Crippen LogP contribution in [0.2, 0.25) is 0 Å². The molecule has 1 aliphatic rings. The number of rotatable bonds is 6. The molecular weight excluding hydrogens is 460 g/mol. The normalized spacial score (nSPS) is 15.2. The molecule has 0 radical (unpaired) electrons. The van der Waals surface area contributed by atoms with Gasteiger partial charge in [0, 0.05) is 18.4 Å². The Bertz CT molecular complexity index is 1130. The van der Waals surface area contributed by atoms with Gasteiger partial charge in [0.25, 0.3) is 0 Å². The predicted molar refractivity (Wildman–Crippen MR) is 140 cm³/mol. The molecular formula is C29H32O7. The number of allylic oxidation sites excluding steroid dienone is 6. The van der Waals surface area contributed by atoms with E-state index in [0.29, 0.717) is 11.3 Å². The van der Waals surface area contributed by atoms with Crippen LogP contribution in [0.1, 0.15) is 33.3 Å². The smallest absolute Gasteiger partial charge is 0.508 e. The molecule has 7 heteroatoms. The molecule has 2 rings (SSSR count). The lowest BCUT2D eigenvalue weighted by atomic mass is 9.86. The van der Waals surface area contributed by atoms with Crippen LogP contribution in [0.4, 0.5) is 4.79 Å². The van der Waals surface area contributed by atoms with Gasteiger partial charge in [-0.05, 0) is 62.3 Å². The van der Waals surface area contributed by atoms with Gasteiger partial charge in [-0.25, -0.2) is 4.79 Å².